The van der Waals surface area contributed by atoms with Gasteiger partial charge in [0.05, 0.1) is 35.8 Å². The van der Waals surface area contributed by atoms with Crippen LogP contribution in [0.15, 0.2) is 12.1 Å². The Morgan fingerprint density at radius 1 is 0.575 bits per heavy atom. The third kappa shape index (κ3) is 4.28. The Morgan fingerprint density at radius 2 is 0.875 bits per heavy atom. The Kier molecular flexibility index (Phi) is 6.97. The Bertz CT molecular complexity index is 1170. The van der Waals surface area contributed by atoms with Crippen molar-refractivity contribution in [2.45, 2.75) is 131 Å². The minimum absolute atomic E-state index is 0.0522. The number of nitrogens with zero attached hydrogens (tertiary/aromatic N) is 2. The van der Waals surface area contributed by atoms with Crippen molar-refractivity contribution in [3.05, 3.63) is 45.8 Å². The van der Waals surface area contributed by atoms with Gasteiger partial charge in [0.1, 0.15) is 11.4 Å². The summed E-state index contributed by atoms with van der Waals surface area (Å²) in [5, 5.41) is 0. The molecular weight excluding hydrogens is 500 g/mol. The van der Waals surface area contributed by atoms with Gasteiger partial charge in [0, 0.05) is 12.8 Å². The largest absolute Gasteiger partial charge is 0.338 e. The first kappa shape index (κ1) is 28.3. The normalized spacial score (nSPS) is 28.2. The second kappa shape index (κ2) is 9.86. The molecule has 0 saturated carbocycles. The number of aryl methyl sites for hydroxylation is 2. The van der Waals surface area contributed by atoms with Crippen LogP contribution in [0.5, 0.6) is 0 Å². The van der Waals surface area contributed by atoms with Crippen molar-refractivity contribution in [3.8, 4) is 11.4 Å². The quantitative estimate of drug-likeness (QED) is 0.395. The summed E-state index contributed by atoms with van der Waals surface area (Å²) in [5.74, 6) is -0.0820. The van der Waals surface area contributed by atoms with Crippen LogP contribution < -0.4 is 0 Å². The predicted molar refractivity (Wildman–Crippen MR) is 156 cm³/mol. The van der Waals surface area contributed by atoms with E-state index in [0.29, 0.717) is 23.7 Å². The molecule has 0 amide bonds. The lowest BCUT2D eigenvalue weighted by Gasteiger charge is -2.25. The fourth-order valence-corrected chi connectivity index (χ4v) is 7.46. The highest BCUT2D eigenvalue weighted by molar-refractivity contribution is 5.61. The van der Waals surface area contributed by atoms with E-state index >= 15 is 0 Å². The van der Waals surface area contributed by atoms with E-state index in [1.807, 2.05) is 0 Å². The number of ether oxygens (including phenoxy) is 4. The number of rotatable bonds is 5. The van der Waals surface area contributed by atoms with E-state index in [4.69, 9.17) is 28.9 Å². The molecule has 6 rings (SSSR count). The number of aromatic nitrogens is 2. The lowest BCUT2D eigenvalue weighted by atomic mass is 9.94. The summed E-state index contributed by atoms with van der Waals surface area (Å²) in [4.78, 5) is 10.6. The van der Waals surface area contributed by atoms with Gasteiger partial charge in [-0.15, -0.1) is 0 Å². The van der Waals surface area contributed by atoms with E-state index in [9.17, 15) is 0 Å². The summed E-state index contributed by atoms with van der Waals surface area (Å²) in [6, 6.07) is 4.37. The molecule has 2 saturated heterocycles. The van der Waals surface area contributed by atoms with Crippen LogP contribution >= 0.6 is 0 Å². The molecule has 6 heteroatoms. The average Bonchev–Trinajstić information content (AvgIpc) is 3.65. The summed E-state index contributed by atoms with van der Waals surface area (Å²) < 4.78 is 27.3. The molecular formula is C34H48N2O4. The summed E-state index contributed by atoms with van der Waals surface area (Å²) in [5.41, 5.74) is 8.58. The Hall–Kier alpha value is -1.86. The zero-order valence-corrected chi connectivity index (χ0v) is 26.1. The van der Waals surface area contributed by atoms with E-state index in [2.05, 4.69) is 81.4 Å². The summed E-state index contributed by atoms with van der Waals surface area (Å²) in [6.07, 6.45) is 3.65. The third-order valence-corrected chi connectivity index (χ3v) is 9.67. The van der Waals surface area contributed by atoms with Crippen LogP contribution in [0, 0.1) is 37.5 Å². The first-order valence-corrected chi connectivity index (χ1v) is 15.6. The molecule has 218 valence electrons. The highest BCUT2D eigenvalue weighted by atomic mass is 16.8. The zero-order valence-electron chi connectivity index (χ0n) is 26.1. The van der Waals surface area contributed by atoms with E-state index in [1.54, 1.807) is 0 Å². The van der Waals surface area contributed by atoms with Gasteiger partial charge >= 0.3 is 0 Å². The second-order valence-corrected chi connectivity index (χ2v) is 14.1. The molecule has 2 fully saturated rings. The maximum absolute atomic E-state index is 6.81. The minimum Gasteiger partial charge on any atom is -0.338 e. The lowest BCUT2D eigenvalue weighted by molar-refractivity contribution is -0.190. The van der Waals surface area contributed by atoms with Crippen LogP contribution in [0.2, 0.25) is 0 Å². The standard InChI is InChI=1S/C34H48N2O4/c1-17(2)27-28(18(3)4)38-33(37-27)13-11-23-21(9)15-25(35-31(23)33)26-16-22(10)24-12-14-34(32(24)36-26)39-29(19(5)6)30(40-34)20(7)8/h15-20,27-30H,11-14H2,1-10H3/t27-,28-,29-,30-/m0/s1. The lowest BCUT2D eigenvalue weighted by Crippen LogP contribution is -2.31. The van der Waals surface area contributed by atoms with Crippen molar-refractivity contribution in [1.29, 1.82) is 0 Å². The second-order valence-electron chi connectivity index (χ2n) is 14.1. The van der Waals surface area contributed by atoms with Crippen molar-refractivity contribution < 1.29 is 18.9 Å². The highest BCUT2D eigenvalue weighted by Gasteiger charge is 2.56. The molecule has 2 aromatic rings. The van der Waals surface area contributed by atoms with Gasteiger partial charge in [-0.2, -0.15) is 0 Å². The van der Waals surface area contributed by atoms with Crippen LogP contribution in [0.25, 0.3) is 11.4 Å². The highest BCUT2D eigenvalue weighted by Crippen LogP contribution is 2.52. The minimum atomic E-state index is -0.778. The average molecular weight is 549 g/mol. The Balaban J connectivity index is 1.41. The topological polar surface area (TPSA) is 62.7 Å². The molecule has 2 aliphatic carbocycles. The van der Waals surface area contributed by atoms with Crippen molar-refractivity contribution in [2.75, 3.05) is 0 Å². The van der Waals surface area contributed by atoms with Gasteiger partial charge in [-0.25, -0.2) is 9.97 Å². The van der Waals surface area contributed by atoms with E-state index in [0.717, 1.165) is 48.5 Å². The maximum Gasteiger partial charge on any atom is 0.213 e. The summed E-state index contributed by atoms with van der Waals surface area (Å²) >= 11 is 0. The molecule has 0 aromatic carbocycles. The fourth-order valence-electron chi connectivity index (χ4n) is 7.46. The van der Waals surface area contributed by atoms with Gasteiger partial charge in [-0.3, -0.25) is 0 Å². The summed E-state index contributed by atoms with van der Waals surface area (Å²) in [7, 11) is 0. The monoisotopic (exact) mass is 548 g/mol. The van der Waals surface area contributed by atoms with Gasteiger partial charge in [0.2, 0.25) is 11.6 Å². The first-order chi connectivity index (χ1) is 18.9. The maximum atomic E-state index is 6.81. The van der Waals surface area contributed by atoms with Gasteiger partial charge in [-0.05, 0) is 84.7 Å². The van der Waals surface area contributed by atoms with Gasteiger partial charge < -0.3 is 18.9 Å². The summed E-state index contributed by atoms with van der Waals surface area (Å²) in [6.45, 7) is 22.2. The Labute approximate surface area is 240 Å². The van der Waals surface area contributed by atoms with E-state index in [-0.39, 0.29) is 24.4 Å². The van der Waals surface area contributed by atoms with Gasteiger partial charge in [0.15, 0.2) is 0 Å². The number of hydrogen-bond donors (Lipinski definition) is 0. The van der Waals surface area contributed by atoms with E-state index in [1.165, 1.54) is 22.3 Å². The van der Waals surface area contributed by atoms with Crippen LogP contribution in [0.4, 0.5) is 0 Å². The first-order valence-electron chi connectivity index (χ1n) is 15.6. The number of hydrogen-bond acceptors (Lipinski definition) is 6. The molecule has 4 atom stereocenters. The SMILES string of the molecule is Cc1cc(-c2cc(C)c3c(n2)C2(CC3)O[C@@H](C(C)C)[C@H](C(C)C)O2)nc2c1CCC21O[C@@H](C(C)C)[C@H](C(C)C)O1. The molecule has 4 aliphatic rings. The molecule has 2 spiro atoms. The van der Waals surface area contributed by atoms with Crippen molar-refractivity contribution in [1.82, 2.24) is 9.97 Å². The number of fused-ring (bicyclic) bond motifs is 4. The molecule has 0 unspecified atom stereocenters. The molecule has 0 bridgehead atoms. The van der Waals surface area contributed by atoms with Crippen LogP contribution in [-0.4, -0.2) is 34.4 Å². The molecule has 4 heterocycles. The van der Waals surface area contributed by atoms with Gasteiger partial charge in [-0.1, -0.05) is 55.4 Å². The van der Waals surface area contributed by atoms with Crippen LogP contribution in [-0.2, 0) is 43.4 Å². The van der Waals surface area contributed by atoms with E-state index < -0.39 is 11.6 Å². The molecule has 2 aliphatic heterocycles. The van der Waals surface area contributed by atoms with Crippen molar-refractivity contribution >= 4 is 0 Å². The van der Waals surface area contributed by atoms with Gasteiger partial charge in [0.25, 0.3) is 0 Å². The van der Waals surface area contributed by atoms with Crippen LogP contribution in [0.3, 0.4) is 0 Å². The third-order valence-electron chi connectivity index (χ3n) is 9.67. The fraction of sp³-hybridized carbons (Fsp3) is 0.706. The van der Waals surface area contributed by atoms with Crippen molar-refractivity contribution in [3.63, 3.8) is 0 Å². The molecule has 0 N–H and O–H groups in total. The molecule has 2 aromatic heterocycles. The number of pyridine rings is 2. The predicted octanol–water partition coefficient (Wildman–Crippen LogP) is 7.15. The molecule has 6 nitrogen and oxygen atoms in total. The van der Waals surface area contributed by atoms with Crippen molar-refractivity contribution in [2.24, 2.45) is 23.7 Å². The zero-order chi connectivity index (χ0) is 28.7. The Morgan fingerprint density at radius 3 is 1.15 bits per heavy atom. The molecule has 0 radical (unpaired) electrons. The van der Waals surface area contributed by atoms with Crippen LogP contribution in [0.1, 0.15) is 102 Å². The molecule has 40 heavy (non-hydrogen) atoms. The smallest absolute Gasteiger partial charge is 0.213 e.